The van der Waals surface area contributed by atoms with Gasteiger partial charge in [-0.05, 0) is 19.8 Å². The van der Waals surface area contributed by atoms with Crippen molar-refractivity contribution in [2.24, 2.45) is 5.92 Å². The minimum absolute atomic E-state index is 0.589. The van der Waals surface area contributed by atoms with Crippen molar-refractivity contribution in [2.45, 2.75) is 27.7 Å². The molecular weight excluding hydrogens is 202 g/mol. The number of nitrogens with one attached hydrogen (secondary N) is 1. The predicted octanol–water partition coefficient (Wildman–Crippen LogP) is 1.81. The number of hydrogen-bond acceptors (Lipinski definition) is 4. The third-order valence-electron chi connectivity index (χ3n) is 2.58. The van der Waals surface area contributed by atoms with Crippen LogP contribution in [0.5, 0.6) is 0 Å². The maximum Gasteiger partial charge on any atom is 0.254 e. The van der Waals surface area contributed by atoms with Crippen molar-refractivity contribution in [3.63, 3.8) is 0 Å². The number of anilines is 1. The molecule has 2 aromatic rings. The molecule has 0 aromatic carbocycles. The second-order valence-electron chi connectivity index (χ2n) is 4.42. The monoisotopic (exact) mass is 219 g/mol. The van der Waals surface area contributed by atoms with Crippen LogP contribution in [-0.2, 0) is 0 Å². The Labute approximate surface area is 94.9 Å². The summed E-state index contributed by atoms with van der Waals surface area (Å²) in [6.07, 6.45) is 1.53. The quantitative estimate of drug-likeness (QED) is 0.855. The van der Waals surface area contributed by atoms with E-state index in [2.05, 4.69) is 34.2 Å². The Morgan fingerprint density at radius 2 is 2.12 bits per heavy atom. The van der Waals surface area contributed by atoms with Gasteiger partial charge in [0.2, 0.25) is 0 Å². The van der Waals surface area contributed by atoms with Gasteiger partial charge in [0, 0.05) is 17.8 Å². The van der Waals surface area contributed by atoms with E-state index < -0.39 is 0 Å². The van der Waals surface area contributed by atoms with E-state index in [0.29, 0.717) is 11.7 Å². The zero-order valence-electron chi connectivity index (χ0n) is 10.2. The Bertz CT molecular complexity index is 500. The number of aryl methyl sites for hydroxylation is 1. The molecule has 0 amide bonds. The molecule has 0 aliphatic carbocycles. The molecular formula is C11H17N5. The smallest absolute Gasteiger partial charge is 0.254 e. The SMILES string of the molecule is Cc1nc2ncnn2c(NCC(C)C)c1C. The van der Waals surface area contributed by atoms with Crippen LogP contribution >= 0.6 is 0 Å². The molecule has 0 saturated heterocycles. The summed E-state index contributed by atoms with van der Waals surface area (Å²) in [5.74, 6) is 2.23. The van der Waals surface area contributed by atoms with Gasteiger partial charge in [-0.1, -0.05) is 13.8 Å². The fourth-order valence-corrected chi connectivity index (χ4v) is 1.54. The summed E-state index contributed by atoms with van der Waals surface area (Å²) < 4.78 is 1.75. The predicted molar refractivity (Wildman–Crippen MR) is 63.6 cm³/mol. The first kappa shape index (κ1) is 10.9. The van der Waals surface area contributed by atoms with E-state index in [0.717, 1.165) is 23.6 Å². The molecule has 2 rings (SSSR count). The largest absolute Gasteiger partial charge is 0.369 e. The normalized spacial score (nSPS) is 11.3. The highest BCUT2D eigenvalue weighted by atomic mass is 15.4. The molecule has 0 aliphatic heterocycles. The first-order chi connectivity index (χ1) is 7.59. The van der Waals surface area contributed by atoms with Crippen LogP contribution < -0.4 is 5.32 Å². The molecule has 0 unspecified atom stereocenters. The standard InChI is InChI=1S/C11H17N5/c1-7(2)5-12-10-8(3)9(4)15-11-13-6-14-16(10)11/h6-7,12H,5H2,1-4H3. The van der Waals surface area contributed by atoms with Crippen molar-refractivity contribution in [3.8, 4) is 0 Å². The summed E-state index contributed by atoms with van der Waals surface area (Å²) >= 11 is 0. The van der Waals surface area contributed by atoms with Crippen LogP contribution in [0.3, 0.4) is 0 Å². The molecule has 0 atom stereocenters. The van der Waals surface area contributed by atoms with Gasteiger partial charge in [0.1, 0.15) is 12.1 Å². The molecule has 0 saturated carbocycles. The summed E-state index contributed by atoms with van der Waals surface area (Å²) in [5.41, 5.74) is 2.12. The highest BCUT2D eigenvalue weighted by Crippen LogP contribution is 2.17. The zero-order chi connectivity index (χ0) is 11.7. The number of fused-ring (bicyclic) bond motifs is 1. The van der Waals surface area contributed by atoms with Crippen LogP contribution in [0.25, 0.3) is 5.78 Å². The van der Waals surface area contributed by atoms with Crippen LogP contribution in [0.15, 0.2) is 6.33 Å². The average Bonchev–Trinajstić information content (AvgIpc) is 2.65. The van der Waals surface area contributed by atoms with E-state index in [4.69, 9.17) is 0 Å². The molecule has 0 radical (unpaired) electrons. The lowest BCUT2D eigenvalue weighted by Crippen LogP contribution is -2.14. The first-order valence-electron chi connectivity index (χ1n) is 5.50. The second-order valence-corrected chi connectivity index (χ2v) is 4.42. The van der Waals surface area contributed by atoms with E-state index >= 15 is 0 Å². The third-order valence-corrected chi connectivity index (χ3v) is 2.58. The van der Waals surface area contributed by atoms with Crippen LogP contribution in [0.2, 0.25) is 0 Å². The Hall–Kier alpha value is -1.65. The average molecular weight is 219 g/mol. The van der Waals surface area contributed by atoms with Gasteiger partial charge >= 0.3 is 0 Å². The van der Waals surface area contributed by atoms with E-state index in [9.17, 15) is 0 Å². The summed E-state index contributed by atoms with van der Waals surface area (Å²) in [7, 11) is 0. The van der Waals surface area contributed by atoms with Gasteiger partial charge in [-0.25, -0.2) is 4.98 Å². The highest BCUT2D eigenvalue weighted by Gasteiger charge is 2.10. The molecule has 16 heavy (non-hydrogen) atoms. The summed E-state index contributed by atoms with van der Waals surface area (Å²) in [6.45, 7) is 9.31. The van der Waals surface area contributed by atoms with Crippen LogP contribution in [0.4, 0.5) is 5.82 Å². The van der Waals surface area contributed by atoms with Crippen LogP contribution in [0.1, 0.15) is 25.1 Å². The van der Waals surface area contributed by atoms with Gasteiger partial charge in [-0.3, -0.25) is 0 Å². The molecule has 5 nitrogen and oxygen atoms in total. The summed E-state index contributed by atoms with van der Waals surface area (Å²) in [5, 5.41) is 7.58. The van der Waals surface area contributed by atoms with Crippen LogP contribution in [-0.4, -0.2) is 26.1 Å². The molecule has 0 fully saturated rings. The molecule has 86 valence electrons. The fourth-order valence-electron chi connectivity index (χ4n) is 1.54. The second kappa shape index (κ2) is 4.08. The van der Waals surface area contributed by atoms with Gasteiger partial charge in [0.15, 0.2) is 0 Å². The summed E-state index contributed by atoms with van der Waals surface area (Å²) in [6, 6.07) is 0. The lowest BCUT2D eigenvalue weighted by atomic mass is 10.2. The van der Waals surface area contributed by atoms with Crippen molar-refractivity contribution in [1.82, 2.24) is 19.6 Å². The van der Waals surface area contributed by atoms with Crippen LogP contribution in [0, 0.1) is 19.8 Å². The Morgan fingerprint density at radius 1 is 1.38 bits per heavy atom. The zero-order valence-corrected chi connectivity index (χ0v) is 10.2. The van der Waals surface area contributed by atoms with E-state index in [-0.39, 0.29) is 0 Å². The Balaban J connectivity index is 2.47. The lowest BCUT2D eigenvalue weighted by Gasteiger charge is -2.13. The van der Waals surface area contributed by atoms with Gasteiger partial charge in [-0.15, -0.1) is 0 Å². The Morgan fingerprint density at radius 3 is 2.81 bits per heavy atom. The molecule has 1 N–H and O–H groups in total. The summed E-state index contributed by atoms with van der Waals surface area (Å²) in [4.78, 5) is 8.48. The van der Waals surface area contributed by atoms with Crippen molar-refractivity contribution in [3.05, 3.63) is 17.6 Å². The van der Waals surface area contributed by atoms with Gasteiger partial charge in [0.05, 0.1) is 0 Å². The van der Waals surface area contributed by atoms with E-state index in [1.807, 2.05) is 13.8 Å². The minimum atomic E-state index is 0.589. The van der Waals surface area contributed by atoms with Crippen molar-refractivity contribution >= 4 is 11.6 Å². The molecule has 2 aromatic heterocycles. The van der Waals surface area contributed by atoms with Gasteiger partial charge < -0.3 is 5.32 Å². The number of nitrogens with zero attached hydrogens (tertiary/aromatic N) is 4. The van der Waals surface area contributed by atoms with Crippen molar-refractivity contribution in [1.29, 1.82) is 0 Å². The van der Waals surface area contributed by atoms with E-state index in [1.165, 1.54) is 6.33 Å². The number of hydrogen-bond donors (Lipinski definition) is 1. The lowest BCUT2D eigenvalue weighted by molar-refractivity contribution is 0.683. The fraction of sp³-hybridized carbons (Fsp3) is 0.545. The topological polar surface area (TPSA) is 55.1 Å². The number of aromatic nitrogens is 4. The van der Waals surface area contributed by atoms with Crippen molar-refractivity contribution < 1.29 is 0 Å². The maximum atomic E-state index is 4.37. The van der Waals surface area contributed by atoms with Gasteiger partial charge in [-0.2, -0.15) is 14.6 Å². The Kier molecular flexibility index (Phi) is 2.77. The molecule has 0 spiro atoms. The third kappa shape index (κ3) is 1.85. The molecule has 0 aliphatic rings. The molecule has 0 bridgehead atoms. The minimum Gasteiger partial charge on any atom is -0.369 e. The van der Waals surface area contributed by atoms with Gasteiger partial charge in [0.25, 0.3) is 5.78 Å². The van der Waals surface area contributed by atoms with Crippen molar-refractivity contribution in [2.75, 3.05) is 11.9 Å². The molecule has 5 heteroatoms. The maximum absolute atomic E-state index is 4.37. The first-order valence-corrected chi connectivity index (χ1v) is 5.50. The molecule has 2 heterocycles. The highest BCUT2D eigenvalue weighted by molar-refractivity contribution is 5.51. The number of rotatable bonds is 3. The van der Waals surface area contributed by atoms with E-state index in [1.54, 1.807) is 4.52 Å².